The summed E-state index contributed by atoms with van der Waals surface area (Å²) in [5.41, 5.74) is 6.68. The SMILES string of the molecule is CCOC(=O)CCCn1cnc2cc(N)ccc2c1=O. The van der Waals surface area contributed by atoms with Gasteiger partial charge in [0.25, 0.3) is 5.56 Å². The second-order valence-electron chi connectivity index (χ2n) is 4.43. The van der Waals surface area contributed by atoms with Crippen molar-refractivity contribution in [3.05, 3.63) is 34.9 Å². The zero-order valence-electron chi connectivity index (χ0n) is 11.3. The Kier molecular flexibility index (Phi) is 4.34. The number of benzene rings is 1. The lowest BCUT2D eigenvalue weighted by atomic mass is 10.2. The summed E-state index contributed by atoms with van der Waals surface area (Å²) in [6, 6.07) is 5.01. The average molecular weight is 275 g/mol. The molecule has 0 radical (unpaired) electrons. The van der Waals surface area contributed by atoms with Gasteiger partial charge in [-0.1, -0.05) is 0 Å². The molecule has 0 bridgehead atoms. The van der Waals surface area contributed by atoms with Gasteiger partial charge in [-0.25, -0.2) is 4.98 Å². The van der Waals surface area contributed by atoms with Gasteiger partial charge in [0.15, 0.2) is 0 Å². The molecule has 0 aliphatic carbocycles. The van der Waals surface area contributed by atoms with Gasteiger partial charge in [0.2, 0.25) is 0 Å². The standard InChI is InChI=1S/C14H17N3O3/c1-2-20-13(18)4-3-7-17-9-16-12-8-10(15)5-6-11(12)14(17)19/h5-6,8-9H,2-4,7,15H2,1H3. The van der Waals surface area contributed by atoms with Crippen LogP contribution in [0.1, 0.15) is 19.8 Å². The minimum absolute atomic E-state index is 0.126. The number of esters is 1. The van der Waals surface area contributed by atoms with E-state index >= 15 is 0 Å². The van der Waals surface area contributed by atoms with Crippen LogP contribution < -0.4 is 11.3 Å². The van der Waals surface area contributed by atoms with Crippen LogP contribution in [0, 0.1) is 0 Å². The van der Waals surface area contributed by atoms with E-state index in [1.165, 1.54) is 10.9 Å². The molecule has 6 nitrogen and oxygen atoms in total. The molecule has 6 heteroatoms. The van der Waals surface area contributed by atoms with Crippen molar-refractivity contribution in [3.63, 3.8) is 0 Å². The second-order valence-corrected chi connectivity index (χ2v) is 4.43. The molecule has 0 aliphatic rings. The molecule has 0 amide bonds. The highest BCUT2D eigenvalue weighted by Gasteiger charge is 2.06. The summed E-state index contributed by atoms with van der Waals surface area (Å²) >= 11 is 0. The van der Waals surface area contributed by atoms with Crippen LogP contribution in [-0.2, 0) is 16.1 Å². The third-order valence-electron chi connectivity index (χ3n) is 2.93. The van der Waals surface area contributed by atoms with Crippen LogP contribution in [-0.4, -0.2) is 22.1 Å². The Morgan fingerprint density at radius 3 is 3.00 bits per heavy atom. The number of carbonyl (C=O) groups excluding carboxylic acids is 1. The van der Waals surface area contributed by atoms with Gasteiger partial charge < -0.3 is 10.5 Å². The zero-order valence-corrected chi connectivity index (χ0v) is 11.3. The summed E-state index contributed by atoms with van der Waals surface area (Å²) in [5.74, 6) is -0.248. The molecule has 2 rings (SSSR count). The van der Waals surface area contributed by atoms with Gasteiger partial charge in [0.1, 0.15) is 0 Å². The maximum absolute atomic E-state index is 12.2. The molecular formula is C14H17N3O3. The van der Waals surface area contributed by atoms with Gasteiger partial charge >= 0.3 is 5.97 Å². The minimum Gasteiger partial charge on any atom is -0.466 e. The Labute approximate surface area is 116 Å². The maximum atomic E-state index is 12.2. The summed E-state index contributed by atoms with van der Waals surface area (Å²) in [6.07, 6.45) is 2.32. The molecule has 106 valence electrons. The first-order chi connectivity index (χ1) is 9.61. The number of carbonyl (C=O) groups is 1. The molecule has 0 atom stereocenters. The van der Waals surface area contributed by atoms with Crippen LogP contribution >= 0.6 is 0 Å². The summed E-state index contributed by atoms with van der Waals surface area (Å²) < 4.78 is 6.34. The highest BCUT2D eigenvalue weighted by atomic mass is 16.5. The van der Waals surface area contributed by atoms with E-state index in [2.05, 4.69) is 4.98 Å². The van der Waals surface area contributed by atoms with Gasteiger partial charge in [0, 0.05) is 18.7 Å². The van der Waals surface area contributed by atoms with Crippen molar-refractivity contribution >= 4 is 22.6 Å². The number of aryl methyl sites for hydroxylation is 1. The lowest BCUT2D eigenvalue weighted by Crippen LogP contribution is -2.21. The van der Waals surface area contributed by atoms with E-state index in [1.54, 1.807) is 25.1 Å². The van der Waals surface area contributed by atoms with Crippen molar-refractivity contribution in [2.75, 3.05) is 12.3 Å². The molecule has 0 saturated carbocycles. The fourth-order valence-corrected chi connectivity index (χ4v) is 1.96. The first-order valence-corrected chi connectivity index (χ1v) is 6.52. The first kappa shape index (κ1) is 14.0. The van der Waals surface area contributed by atoms with Gasteiger partial charge in [0.05, 0.1) is 23.8 Å². The molecule has 2 aromatic rings. The Hall–Kier alpha value is -2.37. The zero-order chi connectivity index (χ0) is 14.5. The van der Waals surface area contributed by atoms with Crippen molar-refractivity contribution < 1.29 is 9.53 Å². The van der Waals surface area contributed by atoms with Crippen molar-refractivity contribution in [2.24, 2.45) is 0 Å². The number of hydrogen-bond donors (Lipinski definition) is 1. The Bertz CT molecular complexity index is 679. The highest BCUT2D eigenvalue weighted by Crippen LogP contribution is 2.11. The Morgan fingerprint density at radius 1 is 1.45 bits per heavy atom. The predicted octanol–water partition coefficient (Wildman–Crippen LogP) is 1.32. The van der Waals surface area contributed by atoms with Crippen LogP contribution in [0.15, 0.2) is 29.3 Å². The number of rotatable bonds is 5. The smallest absolute Gasteiger partial charge is 0.305 e. The van der Waals surface area contributed by atoms with Gasteiger partial charge in [-0.2, -0.15) is 0 Å². The van der Waals surface area contributed by atoms with Crippen LogP contribution in [0.5, 0.6) is 0 Å². The van der Waals surface area contributed by atoms with Crippen molar-refractivity contribution in [3.8, 4) is 0 Å². The van der Waals surface area contributed by atoms with E-state index in [1.807, 2.05) is 0 Å². The van der Waals surface area contributed by atoms with E-state index in [-0.39, 0.29) is 11.5 Å². The van der Waals surface area contributed by atoms with Gasteiger partial charge in [-0.3, -0.25) is 14.2 Å². The number of aromatic nitrogens is 2. The summed E-state index contributed by atoms with van der Waals surface area (Å²) in [5, 5.41) is 0.526. The van der Waals surface area contributed by atoms with E-state index < -0.39 is 0 Å². The van der Waals surface area contributed by atoms with Gasteiger partial charge in [-0.15, -0.1) is 0 Å². The number of nitrogen functional groups attached to an aromatic ring is 1. The molecule has 0 aliphatic heterocycles. The van der Waals surface area contributed by atoms with Crippen molar-refractivity contribution in [1.82, 2.24) is 9.55 Å². The van der Waals surface area contributed by atoms with Crippen LogP contribution in [0.4, 0.5) is 5.69 Å². The fraction of sp³-hybridized carbons (Fsp3) is 0.357. The normalized spacial score (nSPS) is 10.7. The highest BCUT2D eigenvalue weighted by molar-refractivity contribution is 5.80. The minimum atomic E-state index is -0.248. The number of nitrogens with zero attached hydrogens (tertiary/aromatic N) is 2. The molecule has 2 N–H and O–H groups in total. The molecular weight excluding hydrogens is 258 g/mol. The topological polar surface area (TPSA) is 87.2 Å². The van der Waals surface area contributed by atoms with E-state index in [0.29, 0.717) is 42.6 Å². The Balaban J connectivity index is 2.12. The van der Waals surface area contributed by atoms with Gasteiger partial charge in [-0.05, 0) is 31.5 Å². The molecule has 0 saturated heterocycles. The summed E-state index contributed by atoms with van der Waals surface area (Å²) in [6.45, 7) is 2.57. The number of anilines is 1. The molecule has 0 fully saturated rings. The molecule has 1 aromatic carbocycles. The second kappa shape index (κ2) is 6.18. The molecule has 0 spiro atoms. The van der Waals surface area contributed by atoms with Crippen LogP contribution in [0.2, 0.25) is 0 Å². The number of fused-ring (bicyclic) bond motifs is 1. The summed E-state index contributed by atoms with van der Waals surface area (Å²) in [7, 11) is 0. The first-order valence-electron chi connectivity index (χ1n) is 6.52. The van der Waals surface area contributed by atoms with E-state index in [4.69, 9.17) is 10.5 Å². The quantitative estimate of drug-likeness (QED) is 0.657. The van der Waals surface area contributed by atoms with Crippen LogP contribution in [0.3, 0.4) is 0 Å². The van der Waals surface area contributed by atoms with E-state index in [9.17, 15) is 9.59 Å². The molecule has 1 heterocycles. The fourth-order valence-electron chi connectivity index (χ4n) is 1.96. The largest absolute Gasteiger partial charge is 0.466 e. The lowest BCUT2D eigenvalue weighted by molar-refractivity contribution is -0.143. The van der Waals surface area contributed by atoms with E-state index in [0.717, 1.165) is 0 Å². The number of hydrogen-bond acceptors (Lipinski definition) is 5. The van der Waals surface area contributed by atoms with Crippen molar-refractivity contribution in [2.45, 2.75) is 26.3 Å². The monoisotopic (exact) mass is 275 g/mol. The molecule has 1 aromatic heterocycles. The average Bonchev–Trinajstić information content (AvgIpc) is 2.41. The number of ether oxygens (including phenoxy) is 1. The Morgan fingerprint density at radius 2 is 2.25 bits per heavy atom. The molecule has 0 unspecified atom stereocenters. The van der Waals surface area contributed by atoms with Crippen molar-refractivity contribution in [1.29, 1.82) is 0 Å². The maximum Gasteiger partial charge on any atom is 0.305 e. The molecule has 20 heavy (non-hydrogen) atoms. The predicted molar refractivity (Wildman–Crippen MR) is 76.3 cm³/mol. The van der Waals surface area contributed by atoms with Crippen LogP contribution in [0.25, 0.3) is 10.9 Å². The third-order valence-corrected chi connectivity index (χ3v) is 2.93. The summed E-state index contributed by atoms with van der Waals surface area (Å²) in [4.78, 5) is 27.6. The lowest BCUT2D eigenvalue weighted by Gasteiger charge is -2.06. The number of nitrogens with two attached hydrogens (primary N) is 1. The third kappa shape index (κ3) is 3.14.